The molecule has 0 bridgehead atoms. The third kappa shape index (κ3) is 9.22. The van der Waals surface area contributed by atoms with Crippen LogP contribution in [-0.4, -0.2) is 127 Å². The van der Waals surface area contributed by atoms with Crippen LogP contribution < -0.4 is 21.9 Å². The Kier molecular flexibility index (Phi) is 14.4. The molecule has 3 amide bonds. The molecule has 64 heavy (non-hydrogen) atoms. The molecule has 344 valence electrons. The topological polar surface area (TPSA) is 257 Å². The molecule has 19 nitrogen and oxygen atoms in total. The number of rotatable bonds is 20. The summed E-state index contributed by atoms with van der Waals surface area (Å²) in [5, 5.41) is 15.4. The highest BCUT2D eigenvalue weighted by Crippen LogP contribution is 2.44. The minimum absolute atomic E-state index is 0.0221. The van der Waals surface area contributed by atoms with Crippen molar-refractivity contribution in [2.45, 2.75) is 96.1 Å². The van der Waals surface area contributed by atoms with E-state index in [4.69, 9.17) is 34.4 Å². The number of benzene rings is 1. The average Bonchev–Trinajstić information content (AvgIpc) is 3.92. The maximum Gasteiger partial charge on any atom is 0.355 e. The summed E-state index contributed by atoms with van der Waals surface area (Å²) in [7, 11) is 0. The first-order valence-corrected chi connectivity index (χ1v) is 21.6. The molecule has 2 aromatic heterocycles. The van der Waals surface area contributed by atoms with E-state index in [1.807, 2.05) is 0 Å². The maximum atomic E-state index is 15.1. The van der Waals surface area contributed by atoms with E-state index in [0.717, 1.165) is 39.8 Å². The molecule has 1 fully saturated rings. The Morgan fingerprint density at radius 2 is 1.72 bits per heavy atom. The molecule has 1 aliphatic carbocycles. The van der Waals surface area contributed by atoms with Gasteiger partial charge < -0.3 is 54.6 Å². The molecule has 0 unspecified atom stereocenters. The number of pyridine rings is 2. The molecule has 3 atom stereocenters. The molecular weight excluding hydrogens is 840 g/mol. The highest BCUT2D eigenvalue weighted by molar-refractivity contribution is 5.96. The fourth-order valence-electron chi connectivity index (χ4n) is 9.12. The fraction of sp³-hybridized carbons (Fsp3) is 0.545. The predicted molar refractivity (Wildman–Crippen MR) is 223 cm³/mol. The molecule has 20 heteroatoms. The van der Waals surface area contributed by atoms with Gasteiger partial charge in [0.1, 0.15) is 31.1 Å². The molecule has 3 aliphatic heterocycles. The number of carboxylic acids is 1. The SMILES string of the molecule is CC[C@@]1(OC(=O)CNC(=O)[C@@H]2CCCN2C(=O)[C@H](CC(=O)O)NC(=O)CCOCCOCCOCCN)C(=O)OCc2c1cc1n(c2=O)Cc2c-1nc1cc(F)c(C)c3c1c2CCC3. The van der Waals surface area contributed by atoms with Crippen LogP contribution in [-0.2, 0) is 84.0 Å². The number of nitrogens with one attached hydrogen (secondary N) is 2. The van der Waals surface area contributed by atoms with Gasteiger partial charge in [-0.1, -0.05) is 6.92 Å². The summed E-state index contributed by atoms with van der Waals surface area (Å²) in [5.74, 6) is -5.84. The number of hydrogen-bond acceptors (Lipinski definition) is 14. The number of nitrogens with zero attached hydrogens (tertiary/aromatic N) is 3. The number of hydrogen-bond donors (Lipinski definition) is 4. The Morgan fingerprint density at radius 1 is 1.00 bits per heavy atom. The van der Waals surface area contributed by atoms with Crippen LogP contribution in [0.1, 0.15) is 78.8 Å². The summed E-state index contributed by atoms with van der Waals surface area (Å²) in [6.45, 7) is 4.52. The van der Waals surface area contributed by atoms with Crippen molar-refractivity contribution in [3.63, 3.8) is 0 Å². The highest BCUT2D eigenvalue weighted by atomic mass is 19.1. The molecular formula is C44H53FN6O13. The van der Waals surface area contributed by atoms with Gasteiger partial charge in [-0.2, -0.15) is 0 Å². The molecule has 5 N–H and O–H groups in total. The zero-order valence-corrected chi connectivity index (χ0v) is 35.9. The number of aliphatic carboxylic acids is 1. The van der Waals surface area contributed by atoms with Crippen molar-refractivity contribution in [2.75, 3.05) is 59.3 Å². The number of esters is 2. The number of cyclic esters (lactones) is 1. The van der Waals surface area contributed by atoms with Crippen LogP contribution in [0.4, 0.5) is 4.39 Å². The second-order valence-electron chi connectivity index (χ2n) is 16.2. The zero-order chi connectivity index (χ0) is 45.7. The van der Waals surface area contributed by atoms with Gasteiger partial charge in [-0.25, -0.2) is 14.2 Å². The van der Waals surface area contributed by atoms with Gasteiger partial charge in [0, 0.05) is 42.1 Å². The number of fused-ring (bicyclic) bond motifs is 5. The first kappa shape index (κ1) is 46.2. The fourth-order valence-corrected chi connectivity index (χ4v) is 9.12. The standard InChI is InChI=1S/C44H53FN6O13/c1-3-44(29-18-34-39-27(22-51(34)41(57)28(29)23-63-43(44)59)26-7-4-6-25-24(2)30(45)19-31(49-39)38(25)26)64-37(55)21-47-40(56)33-8-5-11-50(33)42(58)32(20-36(53)54)48-35(52)9-12-60-14-16-62-17-15-61-13-10-46/h18-19,32-33H,3-17,20-23,46H2,1-2H3,(H,47,56)(H,48,52)(H,53,54)/t32-,33-,44-/m0/s1. The van der Waals surface area contributed by atoms with Crippen molar-refractivity contribution in [1.29, 1.82) is 0 Å². The number of ether oxygens (including phenoxy) is 5. The largest absolute Gasteiger partial charge is 0.481 e. The van der Waals surface area contributed by atoms with Crippen molar-refractivity contribution in [3.05, 3.63) is 61.7 Å². The molecule has 7 rings (SSSR count). The highest BCUT2D eigenvalue weighted by Gasteiger charge is 2.51. The van der Waals surface area contributed by atoms with Gasteiger partial charge in [-0.05, 0) is 68.2 Å². The number of carbonyl (C=O) groups excluding carboxylic acids is 5. The van der Waals surface area contributed by atoms with E-state index in [1.165, 1.54) is 6.07 Å². The number of halogens is 1. The number of aryl methyl sites for hydroxylation is 2. The number of nitrogens with two attached hydrogens (primary N) is 1. The van der Waals surface area contributed by atoms with Crippen LogP contribution in [0.2, 0.25) is 0 Å². The smallest absolute Gasteiger partial charge is 0.355 e. The first-order chi connectivity index (χ1) is 30.8. The number of carbonyl (C=O) groups is 6. The van der Waals surface area contributed by atoms with E-state index < -0.39 is 71.8 Å². The van der Waals surface area contributed by atoms with Gasteiger partial charge in [0.05, 0.1) is 75.1 Å². The van der Waals surface area contributed by atoms with Crippen LogP contribution in [0.25, 0.3) is 22.3 Å². The van der Waals surface area contributed by atoms with Crippen LogP contribution in [0.3, 0.4) is 0 Å². The van der Waals surface area contributed by atoms with Gasteiger partial charge in [0.15, 0.2) is 0 Å². The lowest BCUT2D eigenvalue weighted by molar-refractivity contribution is -0.189. The minimum Gasteiger partial charge on any atom is -0.481 e. The van der Waals surface area contributed by atoms with Gasteiger partial charge in [-0.3, -0.25) is 28.8 Å². The monoisotopic (exact) mass is 892 g/mol. The van der Waals surface area contributed by atoms with Crippen LogP contribution >= 0.6 is 0 Å². The molecule has 3 aromatic rings. The van der Waals surface area contributed by atoms with Crippen molar-refractivity contribution in [2.24, 2.45) is 5.73 Å². The van der Waals surface area contributed by atoms with Gasteiger partial charge in [0.2, 0.25) is 23.3 Å². The number of amides is 3. The number of carboxylic acid groups (broad SMARTS) is 1. The summed E-state index contributed by atoms with van der Waals surface area (Å²) in [4.78, 5) is 99.0. The lowest BCUT2D eigenvalue weighted by Gasteiger charge is -2.35. The molecule has 0 saturated carbocycles. The van der Waals surface area contributed by atoms with E-state index >= 15 is 4.39 Å². The van der Waals surface area contributed by atoms with E-state index in [1.54, 1.807) is 24.5 Å². The van der Waals surface area contributed by atoms with Crippen molar-refractivity contribution in [3.8, 4) is 11.4 Å². The molecule has 0 radical (unpaired) electrons. The Hall–Kier alpha value is -5.83. The molecule has 5 heterocycles. The first-order valence-electron chi connectivity index (χ1n) is 21.6. The molecule has 0 spiro atoms. The molecule has 1 saturated heterocycles. The van der Waals surface area contributed by atoms with Gasteiger partial charge in [-0.15, -0.1) is 0 Å². The number of aromatic nitrogens is 2. The van der Waals surface area contributed by atoms with E-state index in [2.05, 4.69) is 10.6 Å². The van der Waals surface area contributed by atoms with Crippen molar-refractivity contribution in [1.82, 2.24) is 25.1 Å². The van der Waals surface area contributed by atoms with Gasteiger partial charge in [0.25, 0.3) is 5.56 Å². The Labute approximate surface area is 367 Å². The average molecular weight is 893 g/mol. The predicted octanol–water partition coefficient (Wildman–Crippen LogP) is 1.03. The second kappa shape index (κ2) is 19.9. The van der Waals surface area contributed by atoms with E-state index in [0.29, 0.717) is 61.7 Å². The lowest BCUT2D eigenvalue weighted by Crippen LogP contribution is -2.54. The summed E-state index contributed by atoms with van der Waals surface area (Å²) < 4.78 is 43.9. The van der Waals surface area contributed by atoms with Crippen LogP contribution in [0.15, 0.2) is 16.9 Å². The minimum atomic E-state index is -2.06. The van der Waals surface area contributed by atoms with Crippen molar-refractivity contribution >= 4 is 46.5 Å². The van der Waals surface area contributed by atoms with Gasteiger partial charge >= 0.3 is 17.9 Å². The van der Waals surface area contributed by atoms with Crippen LogP contribution in [0, 0.1) is 12.7 Å². The van der Waals surface area contributed by atoms with E-state index in [9.17, 15) is 38.7 Å². The zero-order valence-electron chi connectivity index (χ0n) is 35.9. The summed E-state index contributed by atoms with van der Waals surface area (Å²) in [5.41, 5.74) is 7.77. The lowest BCUT2D eigenvalue weighted by atomic mass is 9.84. The third-order valence-corrected chi connectivity index (χ3v) is 12.3. The van der Waals surface area contributed by atoms with E-state index in [-0.39, 0.29) is 75.7 Å². The Balaban J connectivity index is 1.00. The summed E-state index contributed by atoms with van der Waals surface area (Å²) in [6, 6.07) is 0.420. The Morgan fingerprint density at radius 3 is 2.44 bits per heavy atom. The quantitative estimate of drug-likeness (QED) is 0.0714. The second-order valence-corrected chi connectivity index (χ2v) is 16.2. The maximum absolute atomic E-state index is 15.1. The third-order valence-electron chi connectivity index (χ3n) is 12.3. The van der Waals surface area contributed by atoms with Crippen molar-refractivity contribution < 1.29 is 61.9 Å². The molecule has 4 aliphatic rings. The van der Waals surface area contributed by atoms with Crippen LogP contribution in [0.5, 0.6) is 0 Å². The number of likely N-dealkylation sites (tertiary alicyclic amines) is 1. The Bertz CT molecular complexity index is 2420. The summed E-state index contributed by atoms with van der Waals surface area (Å²) >= 11 is 0. The molecule has 1 aromatic carbocycles. The summed E-state index contributed by atoms with van der Waals surface area (Å²) in [6.07, 6.45) is 1.75. The normalized spacial score (nSPS) is 18.8.